The third-order valence-corrected chi connectivity index (χ3v) is 2.11. The second-order valence-corrected chi connectivity index (χ2v) is 3.36. The summed E-state index contributed by atoms with van der Waals surface area (Å²) < 4.78 is 4.90. The van der Waals surface area contributed by atoms with Crippen LogP contribution in [0.15, 0.2) is 12.7 Å². The summed E-state index contributed by atoms with van der Waals surface area (Å²) in [5, 5.41) is 8.50. The molecule has 0 aliphatic heterocycles. The van der Waals surface area contributed by atoms with E-state index in [-0.39, 0.29) is 5.91 Å². The lowest BCUT2D eigenvalue weighted by molar-refractivity contribution is -0.133. The third-order valence-electron chi connectivity index (χ3n) is 2.11. The zero-order chi connectivity index (χ0) is 12.4. The lowest BCUT2D eigenvalue weighted by Crippen LogP contribution is -2.45. The first-order valence-electron chi connectivity index (χ1n) is 5.18. The van der Waals surface area contributed by atoms with E-state index in [1.165, 1.54) is 0 Å². The van der Waals surface area contributed by atoms with Crippen LogP contribution in [0, 0.1) is 11.3 Å². The van der Waals surface area contributed by atoms with Gasteiger partial charge in [0.1, 0.15) is 0 Å². The fraction of sp³-hybridized carbons (Fsp3) is 0.636. The van der Waals surface area contributed by atoms with Gasteiger partial charge in [0.25, 0.3) is 0 Å². The molecule has 0 aromatic heterocycles. The summed E-state index contributed by atoms with van der Waals surface area (Å²) in [6.45, 7) is 4.83. The molecule has 5 nitrogen and oxygen atoms in total. The SMILES string of the molecule is C=CCC(N)C(=O)N(CCC#N)CCOC. The van der Waals surface area contributed by atoms with Crippen LogP contribution in [0.3, 0.4) is 0 Å². The predicted octanol–water partition coefficient (Wildman–Crippen LogP) is 0.278. The number of hydrogen-bond acceptors (Lipinski definition) is 4. The third kappa shape index (κ3) is 5.49. The van der Waals surface area contributed by atoms with Crippen molar-refractivity contribution < 1.29 is 9.53 Å². The number of carbonyl (C=O) groups is 1. The van der Waals surface area contributed by atoms with Crippen molar-refractivity contribution in [3.63, 3.8) is 0 Å². The average molecular weight is 225 g/mol. The smallest absolute Gasteiger partial charge is 0.239 e. The fourth-order valence-electron chi connectivity index (χ4n) is 1.23. The van der Waals surface area contributed by atoms with Crippen molar-refractivity contribution in [2.75, 3.05) is 26.8 Å². The summed E-state index contributed by atoms with van der Waals surface area (Å²) in [4.78, 5) is 13.4. The molecule has 0 aromatic carbocycles. The molecular formula is C11H19N3O2. The number of nitrogens with two attached hydrogens (primary N) is 1. The molecule has 0 aliphatic carbocycles. The van der Waals surface area contributed by atoms with E-state index in [0.717, 1.165) is 0 Å². The molecule has 5 heteroatoms. The number of amides is 1. The average Bonchev–Trinajstić information content (AvgIpc) is 2.29. The van der Waals surface area contributed by atoms with Crippen molar-refractivity contribution in [3.8, 4) is 6.07 Å². The van der Waals surface area contributed by atoms with Crippen molar-refractivity contribution in [3.05, 3.63) is 12.7 Å². The minimum absolute atomic E-state index is 0.160. The minimum atomic E-state index is -0.576. The summed E-state index contributed by atoms with van der Waals surface area (Å²) in [6.07, 6.45) is 2.35. The van der Waals surface area contributed by atoms with Gasteiger partial charge in [0.05, 0.1) is 25.1 Å². The molecule has 0 saturated heterocycles. The van der Waals surface area contributed by atoms with Crippen LogP contribution in [0.2, 0.25) is 0 Å². The molecule has 1 unspecified atom stereocenters. The van der Waals surface area contributed by atoms with E-state index in [2.05, 4.69) is 6.58 Å². The molecule has 0 bridgehead atoms. The molecule has 1 atom stereocenters. The molecule has 0 radical (unpaired) electrons. The van der Waals surface area contributed by atoms with Crippen molar-refractivity contribution in [2.24, 2.45) is 5.73 Å². The van der Waals surface area contributed by atoms with Crippen molar-refractivity contribution >= 4 is 5.91 Å². The second kappa shape index (κ2) is 8.89. The number of hydrogen-bond donors (Lipinski definition) is 1. The number of nitrogens with zero attached hydrogens (tertiary/aromatic N) is 2. The monoisotopic (exact) mass is 225 g/mol. The van der Waals surface area contributed by atoms with Crippen molar-refractivity contribution in [1.29, 1.82) is 5.26 Å². The van der Waals surface area contributed by atoms with Gasteiger partial charge in [-0.3, -0.25) is 4.79 Å². The lowest BCUT2D eigenvalue weighted by atomic mass is 10.2. The standard InChI is InChI=1S/C11H19N3O2/c1-3-5-10(13)11(15)14(7-4-6-12)8-9-16-2/h3,10H,1,4-5,7-9,13H2,2H3. The summed E-state index contributed by atoms with van der Waals surface area (Å²) >= 11 is 0. The Balaban J connectivity index is 4.29. The molecule has 0 aliphatic rings. The van der Waals surface area contributed by atoms with Crippen LogP contribution in [0.5, 0.6) is 0 Å². The highest BCUT2D eigenvalue weighted by Crippen LogP contribution is 1.99. The van der Waals surface area contributed by atoms with Crippen LogP contribution < -0.4 is 5.73 Å². The first kappa shape index (κ1) is 14.6. The highest BCUT2D eigenvalue weighted by atomic mass is 16.5. The summed E-state index contributed by atoms with van der Waals surface area (Å²) in [5.41, 5.74) is 5.69. The molecule has 0 heterocycles. The van der Waals surface area contributed by atoms with E-state index in [0.29, 0.717) is 32.5 Å². The maximum Gasteiger partial charge on any atom is 0.239 e. The summed E-state index contributed by atoms with van der Waals surface area (Å²) in [7, 11) is 1.57. The number of carbonyl (C=O) groups excluding carboxylic acids is 1. The van der Waals surface area contributed by atoms with E-state index in [9.17, 15) is 4.79 Å². The second-order valence-electron chi connectivity index (χ2n) is 3.36. The van der Waals surface area contributed by atoms with E-state index in [4.69, 9.17) is 15.7 Å². The Kier molecular flexibility index (Phi) is 8.12. The van der Waals surface area contributed by atoms with E-state index >= 15 is 0 Å². The Labute approximate surface area is 96.5 Å². The fourth-order valence-corrected chi connectivity index (χ4v) is 1.23. The van der Waals surface area contributed by atoms with Crippen LogP contribution >= 0.6 is 0 Å². The lowest BCUT2D eigenvalue weighted by Gasteiger charge is -2.24. The minimum Gasteiger partial charge on any atom is -0.383 e. The van der Waals surface area contributed by atoms with E-state index in [1.807, 2.05) is 6.07 Å². The van der Waals surface area contributed by atoms with Crippen LogP contribution in [0.4, 0.5) is 0 Å². The molecule has 0 saturated carbocycles. The van der Waals surface area contributed by atoms with Gasteiger partial charge >= 0.3 is 0 Å². The van der Waals surface area contributed by atoms with Crippen molar-refractivity contribution in [1.82, 2.24) is 4.90 Å². The van der Waals surface area contributed by atoms with Crippen LogP contribution in [-0.2, 0) is 9.53 Å². The van der Waals surface area contributed by atoms with E-state index < -0.39 is 6.04 Å². The summed E-state index contributed by atoms with van der Waals surface area (Å²) in [5.74, 6) is -0.160. The quantitative estimate of drug-likeness (QED) is 0.602. The molecule has 2 N–H and O–H groups in total. The maximum atomic E-state index is 11.8. The van der Waals surface area contributed by atoms with Crippen LogP contribution in [0.1, 0.15) is 12.8 Å². The van der Waals surface area contributed by atoms with E-state index in [1.54, 1.807) is 18.1 Å². The predicted molar refractivity (Wildman–Crippen MR) is 61.5 cm³/mol. The number of ether oxygens (including phenoxy) is 1. The summed E-state index contributed by atoms with van der Waals surface area (Å²) in [6, 6.07) is 1.43. The number of methoxy groups -OCH3 is 1. The Morgan fingerprint density at radius 1 is 1.69 bits per heavy atom. The Hall–Kier alpha value is -1.38. The molecule has 90 valence electrons. The van der Waals surface area contributed by atoms with Gasteiger partial charge in [0.2, 0.25) is 5.91 Å². The number of rotatable bonds is 8. The maximum absolute atomic E-state index is 11.8. The molecule has 1 amide bonds. The van der Waals surface area contributed by atoms with Gasteiger partial charge < -0.3 is 15.4 Å². The zero-order valence-corrected chi connectivity index (χ0v) is 9.69. The molecule has 0 spiro atoms. The van der Waals surface area contributed by atoms with Crippen LogP contribution in [-0.4, -0.2) is 43.7 Å². The van der Waals surface area contributed by atoms with Gasteiger partial charge in [-0.1, -0.05) is 6.08 Å². The van der Waals surface area contributed by atoms with Gasteiger partial charge in [-0.2, -0.15) is 5.26 Å². The molecular weight excluding hydrogens is 206 g/mol. The van der Waals surface area contributed by atoms with Gasteiger partial charge in [-0.05, 0) is 6.42 Å². The molecule has 16 heavy (non-hydrogen) atoms. The molecule has 0 rings (SSSR count). The topological polar surface area (TPSA) is 79.4 Å². The Morgan fingerprint density at radius 2 is 2.38 bits per heavy atom. The first-order valence-corrected chi connectivity index (χ1v) is 5.18. The van der Waals surface area contributed by atoms with Gasteiger partial charge in [0.15, 0.2) is 0 Å². The van der Waals surface area contributed by atoms with Gasteiger partial charge in [0, 0.05) is 20.2 Å². The number of nitriles is 1. The zero-order valence-electron chi connectivity index (χ0n) is 9.69. The van der Waals surface area contributed by atoms with Crippen LogP contribution in [0.25, 0.3) is 0 Å². The molecule has 0 aromatic rings. The van der Waals surface area contributed by atoms with Gasteiger partial charge in [-0.25, -0.2) is 0 Å². The molecule has 0 fully saturated rings. The van der Waals surface area contributed by atoms with Gasteiger partial charge in [-0.15, -0.1) is 6.58 Å². The van der Waals surface area contributed by atoms with Crippen molar-refractivity contribution in [2.45, 2.75) is 18.9 Å². The largest absolute Gasteiger partial charge is 0.383 e. The normalized spacial score (nSPS) is 11.6. The Bertz CT molecular complexity index is 260. The highest BCUT2D eigenvalue weighted by Gasteiger charge is 2.19. The Morgan fingerprint density at radius 3 is 2.88 bits per heavy atom. The first-order chi connectivity index (χ1) is 7.67. The highest BCUT2D eigenvalue weighted by molar-refractivity contribution is 5.81.